The molecule has 0 bridgehead atoms. The third kappa shape index (κ3) is 5.20. The second-order valence-electron chi connectivity index (χ2n) is 5.97. The standard InChI is InChI=1S/C20H19N3O2/c21-20(25)16-7-3-14(4-8-16)1-2-15-5-9-18(10-6-15)23-19(24)13-22-17-11-12-17/h3-10,17,22H,11-13H2,(H2,21,25)(H,23,24). The Bertz CT molecular complexity index is 826. The number of hydrogen-bond donors (Lipinski definition) is 3. The Kier molecular flexibility index (Phi) is 5.12. The van der Waals surface area contributed by atoms with Crippen molar-refractivity contribution in [2.24, 2.45) is 5.73 Å². The Hall–Kier alpha value is -3.10. The number of nitrogens with one attached hydrogen (secondary N) is 2. The summed E-state index contributed by atoms with van der Waals surface area (Å²) in [5.41, 5.74) is 8.05. The topological polar surface area (TPSA) is 84.2 Å². The van der Waals surface area contributed by atoms with Gasteiger partial charge in [-0.05, 0) is 61.4 Å². The van der Waals surface area contributed by atoms with E-state index in [4.69, 9.17) is 5.73 Å². The molecule has 3 rings (SSSR count). The molecule has 5 heteroatoms. The van der Waals surface area contributed by atoms with E-state index in [-0.39, 0.29) is 5.91 Å². The summed E-state index contributed by atoms with van der Waals surface area (Å²) in [6.45, 7) is 0.341. The molecule has 0 saturated heterocycles. The Morgan fingerprint density at radius 3 is 2.04 bits per heavy atom. The van der Waals surface area contributed by atoms with Gasteiger partial charge in [0.05, 0.1) is 6.54 Å². The van der Waals surface area contributed by atoms with E-state index in [9.17, 15) is 9.59 Å². The molecule has 2 amide bonds. The van der Waals surface area contributed by atoms with E-state index in [0.29, 0.717) is 18.2 Å². The van der Waals surface area contributed by atoms with Crippen molar-refractivity contribution in [2.75, 3.05) is 11.9 Å². The first-order chi connectivity index (χ1) is 12.1. The van der Waals surface area contributed by atoms with Crippen LogP contribution in [0.2, 0.25) is 0 Å². The van der Waals surface area contributed by atoms with Gasteiger partial charge in [-0.15, -0.1) is 0 Å². The Labute approximate surface area is 146 Å². The van der Waals surface area contributed by atoms with Gasteiger partial charge in [0.25, 0.3) is 0 Å². The molecule has 2 aromatic rings. The summed E-state index contributed by atoms with van der Waals surface area (Å²) in [6.07, 6.45) is 2.32. The summed E-state index contributed by atoms with van der Waals surface area (Å²) in [4.78, 5) is 22.8. The second kappa shape index (κ2) is 7.65. The van der Waals surface area contributed by atoms with Crippen LogP contribution < -0.4 is 16.4 Å². The molecule has 0 heterocycles. The van der Waals surface area contributed by atoms with Crippen LogP contribution in [-0.2, 0) is 4.79 Å². The van der Waals surface area contributed by atoms with E-state index >= 15 is 0 Å². The summed E-state index contributed by atoms with van der Waals surface area (Å²) in [6, 6.07) is 14.7. The van der Waals surface area contributed by atoms with Gasteiger partial charge in [0.15, 0.2) is 0 Å². The molecule has 0 aromatic heterocycles. The average molecular weight is 333 g/mol. The van der Waals surface area contributed by atoms with Gasteiger partial charge in [0, 0.05) is 28.4 Å². The van der Waals surface area contributed by atoms with Crippen LogP contribution in [0.5, 0.6) is 0 Å². The highest BCUT2D eigenvalue weighted by Crippen LogP contribution is 2.18. The van der Waals surface area contributed by atoms with E-state index in [2.05, 4.69) is 22.5 Å². The number of carbonyl (C=O) groups excluding carboxylic acids is 2. The molecule has 0 atom stereocenters. The van der Waals surface area contributed by atoms with Crippen LogP contribution in [0.3, 0.4) is 0 Å². The Morgan fingerprint density at radius 2 is 1.52 bits per heavy atom. The van der Waals surface area contributed by atoms with Crippen molar-refractivity contribution in [2.45, 2.75) is 18.9 Å². The maximum Gasteiger partial charge on any atom is 0.248 e. The summed E-state index contributed by atoms with van der Waals surface area (Å²) >= 11 is 0. The molecule has 4 N–H and O–H groups in total. The van der Waals surface area contributed by atoms with Crippen LogP contribution in [0.1, 0.15) is 34.3 Å². The smallest absolute Gasteiger partial charge is 0.248 e. The van der Waals surface area contributed by atoms with Gasteiger partial charge in [-0.3, -0.25) is 9.59 Å². The van der Waals surface area contributed by atoms with E-state index in [1.807, 2.05) is 24.3 Å². The normalized spacial score (nSPS) is 12.8. The summed E-state index contributed by atoms with van der Waals surface area (Å²) < 4.78 is 0. The van der Waals surface area contributed by atoms with Crippen molar-refractivity contribution in [1.29, 1.82) is 0 Å². The van der Waals surface area contributed by atoms with E-state index in [1.165, 1.54) is 0 Å². The van der Waals surface area contributed by atoms with Crippen LogP contribution in [0.15, 0.2) is 48.5 Å². The van der Waals surface area contributed by atoms with Crippen molar-refractivity contribution in [3.05, 3.63) is 65.2 Å². The summed E-state index contributed by atoms with van der Waals surface area (Å²) in [5.74, 6) is 5.58. The second-order valence-corrected chi connectivity index (χ2v) is 5.97. The predicted molar refractivity (Wildman–Crippen MR) is 97.0 cm³/mol. The van der Waals surface area contributed by atoms with Gasteiger partial charge >= 0.3 is 0 Å². The molecule has 25 heavy (non-hydrogen) atoms. The van der Waals surface area contributed by atoms with Crippen molar-refractivity contribution in [3.8, 4) is 11.8 Å². The molecule has 0 aliphatic heterocycles. The molecular formula is C20H19N3O2. The fourth-order valence-corrected chi connectivity index (χ4v) is 2.23. The summed E-state index contributed by atoms with van der Waals surface area (Å²) in [7, 11) is 0. The van der Waals surface area contributed by atoms with Crippen molar-refractivity contribution < 1.29 is 9.59 Å². The highest BCUT2D eigenvalue weighted by atomic mass is 16.2. The predicted octanol–water partition coefficient (Wildman–Crippen LogP) is 1.88. The minimum atomic E-state index is -0.454. The molecule has 1 aliphatic rings. The minimum Gasteiger partial charge on any atom is -0.366 e. The summed E-state index contributed by atoms with van der Waals surface area (Å²) in [5, 5.41) is 6.02. The maximum absolute atomic E-state index is 11.8. The fourth-order valence-electron chi connectivity index (χ4n) is 2.23. The zero-order valence-electron chi connectivity index (χ0n) is 13.7. The van der Waals surface area contributed by atoms with Crippen molar-refractivity contribution >= 4 is 17.5 Å². The molecule has 1 aliphatic carbocycles. The number of anilines is 1. The van der Waals surface area contributed by atoms with Crippen molar-refractivity contribution in [1.82, 2.24) is 5.32 Å². The lowest BCUT2D eigenvalue weighted by molar-refractivity contribution is -0.115. The lowest BCUT2D eigenvalue weighted by atomic mass is 10.1. The fraction of sp³-hybridized carbons (Fsp3) is 0.200. The molecule has 2 aromatic carbocycles. The van der Waals surface area contributed by atoms with Gasteiger partial charge in [-0.2, -0.15) is 0 Å². The van der Waals surface area contributed by atoms with Crippen LogP contribution in [0, 0.1) is 11.8 Å². The van der Waals surface area contributed by atoms with E-state index in [0.717, 1.165) is 29.7 Å². The highest BCUT2D eigenvalue weighted by molar-refractivity contribution is 5.93. The van der Waals surface area contributed by atoms with Crippen LogP contribution >= 0.6 is 0 Å². The first kappa shape index (κ1) is 16.7. The number of hydrogen-bond acceptors (Lipinski definition) is 3. The van der Waals surface area contributed by atoms with Gasteiger partial charge < -0.3 is 16.4 Å². The molecule has 1 saturated carbocycles. The monoisotopic (exact) mass is 333 g/mol. The molecule has 0 unspecified atom stereocenters. The molecule has 1 fully saturated rings. The number of rotatable bonds is 5. The quantitative estimate of drug-likeness (QED) is 0.731. The van der Waals surface area contributed by atoms with Gasteiger partial charge in [0.1, 0.15) is 0 Å². The number of nitrogens with two attached hydrogens (primary N) is 1. The zero-order chi connectivity index (χ0) is 17.6. The van der Waals surface area contributed by atoms with Crippen LogP contribution in [0.4, 0.5) is 5.69 Å². The van der Waals surface area contributed by atoms with Gasteiger partial charge in [-0.1, -0.05) is 11.8 Å². The minimum absolute atomic E-state index is 0.0414. The average Bonchev–Trinajstić information content (AvgIpc) is 3.44. The molecule has 0 radical (unpaired) electrons. The third-order valence-corrected chi connectivity index (χ3v) is 3.82. The first-order valence-corrected chi connectivity index (χ1v) is 8.15. The van der Waals surface area contributed by atoms with E-state index in [1.54, 1.807) is 24.3 Å². The van der Waals surface area contributed by atoms with Crippen LogP contribution in [0.25, 0.3) is 0 Å². The molecule has 126 valence electrons. The number of amides is 2. The van der Waals surface area contributed by atoms with Gasteiger partial charge in [-0.25, -0.2) is 0 Å². The lowest BCUT2D eigenvalue weighted by Gasteiger charge is -2.05. The number of benzene rings is 2. The van der Waals surface area contributed by atoms with Crippen LogP contribution in [-0.4, -0.2) is 24.4 Å². The maximum atomic E-state index is 11.8. The molecule has 0 spiro atoms. The number of primary amides is 1. The number of carbonyl (C=O) groups is 2. The molecular weight excluding hydrogens is 314 g/mol. The van der Waals surface area contributed by atoms with Gasteiger partial charge in [0.2, 0.25) is 11.8 Å². The first-order valence-electron chi connectivity index (χ1n) is 8.15. The van der Waals surface area contributed by atoms with E-state index < -0.39 is 5.91 Å². The zero-order valence-corrected chi connectivity index (χ0v) is 13.7. The SMILES string of the molecule is NC(=O)c1ccc(C#Cc2ccc(NC(=O)CNC3CC3)cc2)cc1. The van der Waals surface area contributed by atoms with Crippen molar-refractivity contribution in [3.63, 3.8) is 0 Å². The Morgan fingerprint density at radius 1 is 0.960 bits per heavy atom. The third-order valence-electron chi connectivity index (χ3n) is 3.82. The molecule has 5 nitrogen and oxygen atoms in total. The largest absolute Gasteiger partial charge is 0.366 e. The Balaban J connectivity index is 1.56. The highest BCUT2D eigenvalue weighted by Gasteiger charge is 2.21. The lowest BCUT2D eigenvalue weighted by Crippen LogP contribution is -2.29.